The van der Waals surface area contributed by atoms with Crippen LogP contribution in [0.1, 0.15) is 22.9 Å². The lowest BCUT2D eigenvalue weighted by atomic mass is 10.1. The summed E-state index contributed by atoms with van der Waals surface area (Å²) in [6.45, 7) is 0.611. The van der Waals surface area contributed by atoms with E-state index in [4.69, 9.17) is 4.74 Å². The first-order chi connectivity index (χ1) is 15.8. The van der Waals surface area contributed by atoms with Crippen LogP contribution in [0.15, 0.2) is 40.1 Å². The van der Waals surface area contributed by atoms with Gasteiger partial charge in [0.2, 0.25) is 0 Å². The first kappa shape index (κ1) is 26.6. The second kappa shape index (κ2) is 10.3. The van der Waals surface area contributed by atoms with E-state index >= 15 is 0 Å². The Morgan fingerprint density at radius 3 is 2.47 bits per heavy atom. The molecule has 1 aromatic heterocycles. The van der Waals surface area contributed by atoms with Gasteiger partial charge in [-0.15, -0.1) is 0 Å². The molecule has 0 radical (unpaired) electrons. The molecule has 1 aliphatic heterocycles. The molecule has 0 bridgehead atoms. The van der Waals surface area contributed by atoms with Gasteiger partial charge in [-0.25, -0.2) is 13.7 Å². The highest BCUT2D eigenvalue weighted by molar-refractivity contribution is 7.63. The number of aromatic amines is 1. The molecule has 6 atom stereocenters. The van der Waals surface area contributed by atoms with Crippen LogP contribution in [0.5, 0.6) is 0 Å². The van der Waals surface area contributed by atoms with Crippen LogP contribution in [0, 0.1) is 6.92 Å². The van der Waals surface area contributed by atoms with Gasteiger partial charge >= 0.3 is 21.1 Å². The van der Waals surface area contributed by atoms with Gasteiger partial charge in [-0.1, -0.05) is 18.2 Å². The highest BCUT2D eigenvalue weighted by Gasteiger charge is 2.45. The topological polar surface area (TPSA) is 218 Å². The summed E-state index contributed by atoms with van der Waals surface area (Å²) in [6, 6.07) is 5.50. The third-order valence-corrected chi connectivity index (χ3v) is 8.14. The number of nitrogens with zero attached hydrogens (tertiary/aromatic N) is 1. The Labute approximate surface area is 192 Å². The fourth-order valence-corrected chi connectivity index (χ4v) is 6.07. The van der Waals surface area contributed by atoms with Crippen LogP contribution in [0.25, 0.3) is 0 Å². The molecule has 1 aromatic carbocycles. The zero-order valence-electron chi connectivity index (χ0n) is 17.8. The number of aromatic nitrogens is 2. The number of rotatable bonds is 9. The number of phosphoric ester groups is 1. The lowest BCUT2D eigenvalue weighted by Crippen LogP contribution is -2.37. The van der Waals surface area contributed by atoms with Crippen LogP contribution in [-0.2, 0) is 35.5 Å². The molecule has 1 saturated heterocycles. The van der Waals surface area contributed by atoms with Gasteiger partial charge in [-0.2, -0.15) is 0 Å². The molecule has 1 aliphatic rings. The van der Waals surface area contributed by atoms with Crippen molar-refractivity contribution in [3.63, 3.8) is 0 Å². The Bertz CT molecular complexity index is 1240. The predicted octanol–water partition coefficient (Wildman–Crippen LogP) is -0.524. The summed E-state index contributed by atoms with van der Waals surface area (Å²) < 4.78 is 39.8. The second-order valence-corrected chi connectivity index (χ2v) is 11.1. The van der Waals surface area contributed by atoms with E-state index in [0.717, 1.165) is 16.8 Å². The molecular formula is C18H24N2O12P2. The van der Waals surface area contributed by atoms with Gasteiger partial charge in [0.1, 0.15) is 18.3 Å². The van der Waals surface area contributed by atoms with E-state index in [1.54, 1.807) is 6.92 Å². The van der Waals surface area contributed by atoms with Crippen molar-refractivity contribution in [3.8, 4) is 0 Å². The lowest BCUT2D eigenvalue weighted by Gasteiger charge is -2.19. The van der Waals surface area contributed by atoms with E-state index < -0.39 is 64.0 Å². The monoisotopic (exact) mass is 522 g/mol. The van der Waals surface area contributed by atoms with Crippen LogP contribution in [0.3, 0.4) is 0 Å². The van der Waals surface area contributed by atoms with Gasteiger partial charge in [0.05, 0.1) is 19.4 Å². The average molecular weight is 522 g/mol. The number of aliphatic hydroxyl groups is 3. The van der Waals surface area contributed by atoms with Crippen LogP contribution in [0.4, 0.5) is 0 Å². The van der Waals surface area contributed by atoms with Gasteiger partial charge < -0.3 is 29.8 Å². The molecule has 1 fully saturated rings. The zero-order valence-corrected chi connectivity index (χ0v) is 19.5. The van der Waals surface area contributed by atoms with Crippen molar-refractivity contribution in [2.45, 2.75) is 44.2 Å². The molecule has 14 nitrogen and oxygen atoms in total. The summed E-state index contributed by atoms with van der Waals surface area (Å²) in [5, 5.41) is 29.5. The molecule has 3 rings (SSSR count). The minimum Gasteiger partial charge on any atom is -0.392 e. The third kappa shape index (κ3) is 6.37. The summed E-state index contributed by atoms with van der Waals surface area (Å²) >= 11 is 0. The van der Waals surface area contributed by atoms with E-state index in [1.807, 2.05) is 4.98 Å². The number of benzene rings is 1. The Hall–Kier alpha value is -1.96. The molecule has 6 N–H and O–H groups in total. The van der Waals surface area contributed by atoms with Gasteiger partial charge in [-0.05, 0) is 23.6 Å². The number of hydrogen-bond donors (Lipinski definition) is 6. The van der Waals surface area contributed by atoms with Gasteiger partial charge in [0.15, 0.2) is 6.23 Å². The summed E-state index contributed by atoms with van der Waals surface area (Å²) in [5.41, 5.74) is -0.0586. The first-order valence-electron chi connectivity index (χ1n) is 9.85. The largest absolute Gasteiger partial charge is 0.479 e. The number of ether oxygens (including phenoxy) is 1. The molecule has 0 amide bonds. The maximum atomic E-state index is 12.4. The molecule has 2 heterocycles. The Balaban J connectivity index is 1.63. The number of H-pyrrole nitrogens is 1. The van der Waals surface area contributed by atoms with E-state index in [2.05, 4.69) is 8.83 Å². The number of hydrogen-bond acceptors (Lipinski definition) is 10. The minimum absolute atomic E-state index is 0.222. The maximum Gasteiger partial charge on any atom is 0.479 e. The summed E-state index contributed by atoms with van der Waals surface area (Å²) in [6.07, 6.45) is -5.79. The van der Waals surface area contributed by atoms with Gasteiger partial charge in [-0.3, -0.25) is 23.4 Å². The quantitative estimate of drug-likeness (QED) is 0.229. The van der Waals surface area contributed by atoms with E-state index in [1.165, 1.54) is 18.2 Å². The van der Waals surface area contributed by atoms with E-state index in [9.17, 15) is 43.8 Å². The molecule has 0 saturated carbocycles. The Morgan fingerprint density at radius 1 is 1.15 bits per heavy atom. The summed E-state index contributed by atoms with van der Waals surface area (Å²) in [4.78, 5) is 45.0. The molecular weight excluding hydrogens is 498 g/mol. The number of aryl methyl sites for hydroxylation is 1. The lowest BCUT2D eigenvalue weighted by molar-refractivity contribution is -0.0541. The molecule has 2 aromatic rings. The zero-order chi connectivity index (χ0) is 25.3. The van der Waals surface area contributed by atoms with Crippen molar-refractivity contribution in [3.05, 3.63) is 68.0 Å². The first-order valence-corrected chi connectivity index (χ1v) is 13.1. The van der Waals surface area contributed by atoms with Crippen LogP contribution in [0.2, 0.25) is 0 Å². The maximum absolute atomic E-state index is 12.4. The van der Waals surface area contributed by atoms with Crippen molar-refractivity contribution >= 4 is 15.4 Å². The van der Waals surface area contributed by atoms with Crippen LogP contribution in [-0.4, -0.2) is 59.6 Å². The third-order valence-electron chi connectivity index (χ3n) is 5.05. The fraction of sp³-hybridized carbons (Fsp3) is 0.444. The van der Waals surface area contributed by atoms with Crippen molar-refractivity contribution in [2.24, 2.45) is 0 Å². The highest BCUT2D eigenvalue weighted by atomic mass is 31.3. The Kier molecular flexibility index (Phi) is 8.10. The van der Waals surface area contributed by atoms with Crippen molar-refractivity contribution < 1.29 is 47.8 Å². The van der Waals surface area contributed by atoms with E-state index in [-0.39, 0.29) is 6.61 Å². The molecule has 188 valence electrons. The highest BCUT2D eigenvalue weighted by Crippen LogP contribution is 2.61. The molecule has 34 heavy (non-hydrogen) atoms. The fourth-order valence-electron chi connectivity index (χ4n) is 3.37. The Morgan fingerprint density at radius 2 is 1.85 bits per heavy atom. The normalized spacial score (nSPS) is 26.2. The smallest absolute Gasteiger partial charge is 0.392 e. The van der Waals surface area contributed by atoms with Gasteiger partial charge in [0.25, 0.3) is 5.56 Å². The molecule has 0 spiro atoms. The SMILES string of the molecule is Cc1cc(CP(=O)(O)OP(=O)(O)OC[C@H]2O[C@@H](n3ccc(=O)[nH]c3=O)[C@@H](O)C2O)ccc1CO. The average Bonchev–Trinajstić information content (AvgIpc) is 3.00. The number of aliphatic hydroxyl groups excluding tert-OH is 3. The standard InChI is InChI=1S/C18H24N2O12P2/c1-10-6-11(2-3-12(10)7-21)9-33(26,27)32-34(28,29)30-8-13-15(23)16(24)17(31-13)20-5-4-14(22)19-18(20)25/h2-6,13,15-17,21,23-24H,7-9H2,1H3,(H,26,27)(H,28,29)(H,19,22,25)/t13-,15?,16+,17-/m1/s1. The number of phosphoric acid groups is 1. The van der Waals surface area contributed by atoms with Crippen molar-refractivity contribution in [1.29, 1.82) is 0 Å². The van der Waals surface area contributed by atoms with Crippen molar-refractivity contribution in [1.82, 2.24) is 9.55 Å². The predicted molar refractivity (Wildman–Crippen MR) is 115 cm³/mol. The molecule has 16 heteroatoms. The van der Waals surface area contributed by atoms with Crippen LogP contribution < -0.4 is 11.2 Å². The van der Waals surface area contributed by atoms with Crippen molar-refractivity contribution in [2.75, 3.05) is 6.61 Å². The molecule has 0 aliphatic carbocycles. The molecule has 3 unspecified atom stereocenters. The second-order valence-electron chi connectivity index (χ2n) is 7.62. The van der Waals surface area contributed by atoms with E-state index in [0.29, 0.717) is 16.7 Å². The summed E-state index contributed by atoms with van der Waals surface area (Å²) in [7, 11) is -9.80. The summed E-state index contributed by atoms with van der Waals surface area (Å²) in [5.74, 6) is 0. The van der Waals surface area contributed by atoms with Gasteiger partial charge in [0, 0.05) is 12.3 Å². The minimum atomic E-state index is -5.13. The number of nitrogens with one attached hydrogen (secondary N) is 1. The van der Waals surface area contributed by atoms with Crippen LogP contribution >= 0.6 is 15.4 Å².